The molecule has 10 rings (SSSR count). The molecule has 7 aromatic carbocycles. The largest absolute Gasteiger partial charge is 0.509 e. The fraction of sp³-hybridized carbons (Fsp3) is 0.158. The predicted octanol–water partition coefficient (Wildman–Crippen LogP) is 15.8. The zero-order valence-corrected chi connectivity index (χ0v) is 38.7. The van der Waals surface area contributed by atoms with Gasteiger partial charge in [0.2, 0.25) is 0 Å². The summed E-state index contributed by atoms with van der Waals surface area (Å²) in [5.41, 5.74) is 8.22. The molecule has 0 N–H and O–H groups in total. The van der Waals surface area contributed by atoms with Gasteiger partial charge in [0.15, 0.2) is 0 Å². The van der Waals surface area contributed by atoms with Crippen molar-refractivity contribution in [3.8, 4) is 39.6 Å². The summed E-state index contributed by atoms with van der Waals surface area (Å²) in [6, 6.07) is 39.8. The van der Waals surface area contributed by atoms with E-state index in [1.165, 1.54) is 23.8 Å². The molecule has 9 aromatic rings. The van der Waals surface area contributed by atoms with Crippen LogP contribution in [0.15, 0.2) is 152 Å². The summed E-state index contributed by atoms with van der Waals surface area (Å²) in [7, 11) is 0. The normalized spacial score (nSPS) is 13.5. The van der Waals surface area contributed by atoms with Gasteiger partial charge in [-0.2, -0.15) is 6.07 Å². The fourth-order valence-electron chi connectivity index (χ4n) is 8.81. The standard InChI is InChI=1S/C57H47F2N4O.Pt/c1-6-15-38-26-27-60-55(28-38)63-51-21-11-10-18-45(51)46-25-24-43(34-54(46)63)64-44-30-40(39-16-8-7-9-17-39)29-42(33-44)61-35-62(53-23-13-12-22-52(53)61)57-47(36(2)3)31-41(32-48(57)37(4)5)56-49(58)19-14-20-50(56)59;/h7-14,16-32,35-37H,6,15H2,1-5H3;/q-3;/i7D,8D,9D,16D,17D;. The molecule has 8 heteroatoms. The zero-order valence-electron chi connectivity index (χ0n) is 41.5. The molecule has 65 heavy (non-hydrogen) atoms. The molecule has 1 aliphatic heterocycles. The Morgan fingerprint density at radius 2 is 1.38 bits per heavy atom. The van der Waals surface area contributed by atoms with Crippen molar-refractivity contribution in [1.82, 2.24) is 9.55 Å². The molecule has 3 heterocycles. The average molecular weight is 1040 g/mol. The molecule has 0 unspecified atom stereocenters. The molecule has 5 nitrogen and oxygen atoms in total. The van der Waals surface area contributed by atoms with E-state index in [4.69, 9.17) is 16.6 Å². The maximum atomic E-state index is 15.4. The fourth-order valence-corrected chi connectivity index (χ4v) is 8.81. The number of ether oxygens (including phenoxy) is 1. The van der Waals surface area contributed by atoms with Crippen molar-refractivity contribution < 1.29 is 41.4 Å². The molecule has 0 aliphatic carbocycles. The Labute approximate surface area is 401 Å². The van der Waals surface area contributed by atoms with E-state index in [1.807, 2.05) is 84.5 Å². The summed E-state index contributed by atoms with van der Waals surface area (Å²) in [6.07, 6.45) is 3.72. The Morgan fingerprint density at radius 3 is 2.09 bits per heavy atom. The molecule has 0 spiro atoms. The van der Waals surface area contributed by atoms with Gasteiger partial charge in [0, 0.05) is 61.3 Å². The van der Waals surface area contributed by atoms with E-state index in [9.17, 15) is 0 Å². The Balaban J connectivity index is 0.00000608. The number of nitrogens with zero attached hydrogens (tertiary/aromatic N) is 4. The van der Waals surface area contributed by atoms with Gasteiger partial charge in [0.1, 0.15) is 17.5 Å². The number of hydrogen-bond donors (Lipinski definition) is 0. The van der Waals surface area contributed by atoms with Gasteiger partial charge < -0.3 is 19.1 Å². The molecular weight excluding hydrogens is 990 g/mol. The SMILES string of the molecule is [2H]c1c([2H])c([2H])c(-c2cc(Oc3[c-]c4c(cc3)c3ccccc3n4-c3cc(CCC)ccn3)[c-]c(N3[CH-]N(c4c(C(C)C)cc(-c5c(F)cccc5F)cc4C(C)C)c4ccccc43)c2)c([2H])c1[2H].[Pt]. The van der Waals surface area contributed by atoms with Crippen LogP contribution >= 0.6 is 0 Å². The maximum Gasteiger partial charge on any atom is 0.135 e. The van der Waals surface area contributed by atoms with Crippen LogP contribution in [0.2, 0.25) is 0 Å². The van der Waals surface area contributed by atoms with Crippen molar-refractivity contribution in [1.29, 1.82) is 0 Å². The summed E-state index contributed by atoms with van der Waals surface area (Å²) in [6.45, 7) is 12.3. The van der Waals surface area contributed by atoms with Crippen molar-refractivity contribution >= 4 is 44.6 Å². The van der Waals surface area contributed by atoms with Crippen LogP contribution in [0.1, 0.15) is 76.4 Å². The van der Waals surface area contributed by atoms with Crippen LogP contribution in [0, 0.1) is 30.4 Å². The Kier molecular flexibility index (Phi) is 10.5. The monoisotopic (exact) mass is 1040 g/mol. The van der Waals surface area contributed by atoms with E-state index < -0.39 is 29.8 Å². The van der Waals surface area contributed by atoms with Gasteiger partial charge >= 0.3 is 0 Å². The van der Waals surface area contributed by atoms with E-state index in [-0.39, 0.29) is 61.9 Å². The molecule has 0 atom stereocenters. The van der Waals surface area contributed by atoms with E-state index in [1.54, 1.807) is 12.1 Å². The quantitative estimate of drug-likeness (QED) is 0.121. The number of para-hydroxylation sites is 3. The summed E-state index contributed by atoms with van der Waals surface area (Å²) in [5.74, 6) is -0.0917. The zero-order chi connectivity index (χ0) is 48.4. The van der Waals surface area contributed by atoms with Gasteiger partial charge in [0.25, 0.3) is 0 Å². The minimum atomic E-state index is -0.641. The predicted molar refractivity (Wildman–Crippen MR) is 257 cm³/mol. The molecule has 0 radical (unpaired) electrons. The minimum Gasteiger partial charge on any atom is -0.509 e. The number of aryl methyl sites for hydroxylation is 1. The van der Waals surface area contributed by atoms with E-state index in [0.717, 1.165) is 68.7 Å². The van der Waals surface area contributed by atoms with E-state index >= 15 is 8.78 Å². The smallest absolute Gasteiger partial charge is 0.135 e. The summed E-state index contributed by atoms with van der Waals surface area (Å²) in [4.78, 5) is 8.80. The van der Waals surface area contributed by atoms with E-state index in [0.29, 0.717) is 22.6 Å². The Morgan fingerprint density at radius 1 is 0.692 bits per heavy atom. The third-order valence-corrected chi connectivity index (χ3v) is 11.8. The van der Waals surface area contributed by atoms with Crippen LogP contribution in [0.3, 0.4) is 0 Å². The molecule has 0 saturated carbocycles. The number of halogens is 2. The Hall–Kier alpha value is -6.56. The van der Waals surface area contributed by atoms with Crippen molar-refractivity contribution in [3.05, 3.63) is 199 Å². The first kappa shape index (κ1) is 37.8. The number of benzene rings is 7. The minimum absolute atomic E-state index is 0. The third kappa shape index (κ3) is 8.12. The second kappa shape index (κ2) is 18.1. The second-order valence-electron chi connectivity index (χ2n) is 16.7. The summed E-state index contributed by atoms with van der Waals surface area (Å²) in [5, 5.41) is 1.98. The number of hydrogen-bond acceptors (Lipinski definition) is 4. The van der Waals surface area contributed by atoms with Crippen LogP contribution in [0.25, 0.3) is 49.9 Å². The topological polar surface area (TPSA) is 33.5 Å². The second-order valence-corrected chi connectivity index (χ2v) is 16.7. The third-order valence-electron chi connectivity index (χ3n) is 11.8. The average Bonchev–Trinajstić information content (AvgIpc) is 3.88. The number of aromatic nitrogens is 2. The summed E-state index contributed by atoms with van der Waals surface area (Å²) < 4.78 is 83.1. The van der Waals surface area contributed by atoms with Gasteiger partial charge in [0.05, 0.1) is 12.4 Å². The van der Waals surface area contributed by atoms with Crippen molar-refractivity contribution in [2.24, 2.45) is 0 Å². The van der Waals surface area contributed by atoms with Crippen molar-refractivity contribution in [2.75, 3.05) is 9.80 Å². The van der Waals surface area contributed by atoms with Gasteiger partial charge in [-0.15, -0.1) is 53.6 Å². The van der Waals surface area contributed by atoms with Crippen molar-refractivity contribution in [2.45, 2.75) is 59.3 Å². The molecule has 328 valence electrons. The van der Waals surface area contributed by atoms with Crippen LogP contribution < -0.4 is 14.5 Å². The van der Waals surface area contributed by atoms with Gasteiger partial charge in [-0.1, -0.05) is 113 Å². The first-order valence-electron chi connectivity index (χ1n) is 24.1. The summed E-state index contributed by atoms with van der Waals surface area (Å²) >= 11 is 0. The molecule has 0 amide bonds. The Bertz CT molecular complexity index is 3430. The van der Waals surface area contributed by atoms with Gasteiger partial charge in [-0.3, -0.25) is 0 Å². The van der Waals surface area contributed by atoms with Crippen LogP contribution in [-0.2, 0) is 27.5 Å². The van der Waals surface area contributed by atoms with Crippen LogP contribution in [0.5, 0.6) is 11.5 Å². The van der Waals surface area contributed by atoms with E-state index in [2.05, 4.69) is 74.4 Å². The maximum absolute atomic E-state index is 15.4. The number of anilines is 4. The number of fused-ring (bicyclic) bond motifs is 4. The first-order chi connectivity index (χ1) is 33.2. The molecule has 1 aliphatic rings. The van der Waals surface area contributed by atoms with Crippen molar-refractivity contribution in [3.63, 3.8) is 0 Å². The van der Waals surface area contributed by atoms with Crippen LogP contribution in [-0.4, -0.2) is 9.55 Å². The molecule has 0 bridgehead atoms. The first-order valence-corrected chi connectivity index (χ1v) is 21.6. The molecular formula is C57H47F2N4OPt-3. The van der Waals surface area contributed by atoms with Gasteiger partial charge in [-0.25, -0.2) is 13.8 Å². The molecule has 0 saturated heterocycles. The van der Waals surface area contributed by atoms with Crippen LogP contribution in [0.4, 0.5) is 31.5 Å². The number of pyridine rings is 1. The number of rotatable bonds is 11. The molecule has 0 fully saturated rings. The van der Waals surface area contributed by atoms with Gasteiger partial charge in [-0.05, 0) is 106 Å². The molecule has 2 aromatic heterocycles.